The van der Waals surface area contributed by atoms with E-state index in [9.17, 15) is 43.2 Å². The van der Waals surface area contributed by atoms with Gasteiger partial charge in [-0.05, 0) is 84.6 Å². The molecule has 1 unspecified atom stereocenters. The topological polar surface area (TPSA) is 472 Å². The molecule has 0 spiro atoms. The van der Waals surface area contributed by atoms with Crippen molar-refractivity contribution < 1.29 is 95.3 Å². The van der Waals surface area contributed by atoms with Gasteiger partial charge in [0.05, 0.1) is 150 Å². The number of nitrogens with one attached hydrogen (secondary N) is 11. The Morgan fingerprint density at radius 3 is 1.46 bits per heavy atom. The molecule has 2 aliphatic heterocycles. The smallest absolute Gasteiger partial charge is 0.291 e. The molecule has 0 bridgehead atoms. The number of rotatable bonds is 56. The van der Waals surface area contributed by atoms with Gasteiger partial charge in [-0.3, -0.25) is 48.6 Å². The summed E-state index contributed by atoms with van der Waals surface area (Å²) in [5.74, 6) is -3.53. The van der Waals surface area contributed by atoms with Crippen LogP contribution in [0.2, 0.25) is 5.02 Å². The van der Waals surface area contributed by atoms with Crippen LogP contribution in [0.4, 0.5) is 28.7 Å². The van der Waals surface area contributed by atoms with Crippen molar-refractivity contribution in [2.24, 2.45) is 26.9 Å². The molecular weight excluding hydrogens is 1580 g/mol. The highest BCUT2D eigenvalue weighted by atomic mass is 35.5. The van der Waals surface area contributed by atoms with Crippen molar-refractivity contribution in [1.82, 2.24) is 60.5 Å². The number of carbonyl (C=O) groups is 9. The van der Waals surface area contributed by atoms with E-state index in [4.69, 9.17) is 74.8 Å². The third kappa shape index (κ3) is 33.0. The zero-order chi connectivity index (χ0) is 86.0. The number of guanidine groups is 1. The van der Waals surface area contributed by atoms with E-state index in [0.717, 1.165) is 34.5 Å². The van der Waals surface area contributed by atoms with Crippen molar-refractivity contribution >= 4 is 99.4 Å². The molecule has 6 aromatic rings. The van der Waals surface area contributed by atoms with Gasteiger partial charge in [0, 0.05) is 146 Å². The van der Waals surface area contributed by atoms with Crippen LogP contribution < -0.4 is 63.8 Å². The monoisotopic (exact) mass is 1690 g/mol. The first kappa shape index (κ1) is 94.5. The molecule has 654 valence electrons. The van der Waals surface area contributed by atoms with Crippen molar-refractivity contribution in [3.8, 4) is 11.1 Å². The molecule has 0 aliphatic carbocycles. The maximum absolute atomic E-state index is 13.3. The van der Waals surface area contributed by atoms with Crippen molar-refractivity contribution in [3.05, 3.63) is 137 Å². The minimum atomic E-state index is -0.707. The molecule has 13 N–H and O–H groups in total. The van der Waals surface area contributed by atoms with Crippen LogP contribution in [0, 0.1) is 5.41 Å². The van der Waals surface area contributed by atoms with Gasteiger partial charge in [0.15, 0.2) is 17.6 Å². The van der Waals surface area contributed by atoms with Gasteiger partial charge in [0.2, 0.25) is 41.2 Å². The molecule has 0 saturated carbocycles. The van der Waals surface area contributed by atoms with E-state index in [2.05, 4.69) is 76.1 Å². The molecule has 0 fully saturated rings. The third-order valence-electron chi connectivity index (χ3n) is 18.2. The summed E-state index contributed by atoms with van der Waals surface area (Å²) in [5.41, 5.74) is 11.5. The summed E-state index contributed by atoms with van der Waals surface area (Å²) >= 11 is 6.14. The number of anilines is 5. The fraction of sp³-hybridized carbons (Fsp3) is 0.500. The van der Waals surface area contributed by atoms with E-state index >= 15 is 0 Å². The van der Waals surface area contributed by atoms with Gasteiger partial charge in [-0.15, -0.1) is 0 Å². The average Bonchev–Trinajstić information content (AvgIpc) is 1.12. The number of imidazole rings is 2. The van der Waals surface area contributed by atoms with Crippen molar-refractivity contribution in [2.75, 3.05) is 211 Å². The number of hydrogen-bond acceptors (Lipinski definition) is 25. The summed E-state index contributed by atoms with van der Waals surface area (Å²) in [5, 5.41) is 35.8. The Bertz CT molecular complexity index is 4330. The van der Waals surface area contributed by atoms with Gasteiger partial charge in [0.1, 0.15) is 18.3 Å². The number of amides is 9. The van der Waals surface area contributed by atoms with Crippen LogP contribution in [0.5, 0.6) is 0 Å². The number of ether oxygens (including phenoxy) is 11. The second-order valence-electron chi connectivity index (χ2n) is 27.6. The minimum absolute atomic E-state index is 0.00657. The summed E-state index contributed by atoms with van der Waals surface area (Å²) in [6, 6.07) is 22.0. The highest BCUT2D eigenvalue weighted by Crippen LogP contribution is 2.41. The molecular formula is C80H112ClN19O20. The number of halogens is 1. The van der Waals surface area contributed by atoms with Crippen molar-refractivity contribution in [2.45, 2.75) is 57.7 Å². The molecule has 0 radical (unpaired) electrons. The van der Waals surface area contributed by atoms with E-state index < -0.39 is 47.4 Å². The van der Waals surface area contributed by atoms with Crippen LogP contribution in [-0.2, 0) is 97.2 Å². The molecule has 9 amide bonds. The Labute approximate surface area is 701 Å². The second-order valence-corrected chi connectivity index (χ2v) is 28.0. The molecule has 39 nitrogen and oxygen atoms in total. The first-order valence-corrected chi connectivity index (χ1v) is 39.9. The van der Waals surface area contributed by atoms with Crippen molar-refractivity contribution in [1.29, 1.82) is 5.41 Å². The van der Waals surface area contributed by atoms with Crippen LogP contribution in [0.25, 0.3) is 11.1 Å². The van der Waals surface area contributed by atoms with Crippen LogP contribution in [0.3, 0.4) is 0 Å². The third-order valence-corrected chi connectivity index (χ3v) is 18.5. The van der Waals surface area contributed by atoms with Crippen LogP contribution in [-0.4, -0.2) is 285 Å². The number of carbonyl (C=O) groups excluding carboxylic acids is 9. The van der Waals surface area contributed by atoms with E-state index in [0.29, 0.717) is 154 Å². The summed E-state index contributed by atoms with van der Waals surface area (Å²) in [6.45, 7) is 11.8. The lowest BCUT2D eigenvalue weighted by Gasteiger charge is -2.39. The maximum atomic E-state index is 13.3. The van der Waals surface area contributed by atoms with Gasteiger partial charge in [-0.1, -0.05) is 29.8 Å². The molecule has 2 aliphatic rings. The van der Waals surface area contributed by atoms with E-state index in [1.54, 1.807) is 69.1 Å². The second kappa shape index (κ2) is 51.5. The predicted molar refractivity (Wildman–Crippen MR) is 445 cm³/mol. The summed E-state index contributed by atoms with van der Waals surface area (Å²) < 4.78 is 65.0. The Morgan fingerprint density at radius 2 is 0.950 bits per heavy atom. The standard InChI is InChI=1S/C80H112ClN19O20/c1-54-45-64(89-60-14-12-59(81)13-15-60)63-46-58(11-16-65(63)100(54)55(2)101)56-7-9-57(10-8-56)75(105)86-21-24-110-27-30-113-33-35-115-37-39-117-41-42-118-40-38-116-36-34-114-31-28-111-25-22-87-77(107)67-48-62(50-97(67)4)91-79(109)74-95-69(52-99(74)6)93-71(103)18-20-85-76(106)66-47-61(49-96(66)3)90-78(108)73-94-68(51-98(73)5)92-70(102)17-19-84-72(104)53-120-44-43-119-32-29-112-26-23-88-80(82)83/h7-16,46,48-52,54,64,66,89H,17-45,47,53H2,1-6H3,(H,84,104)(H,85,106)(H,86,105)(H,87,107)(H,90,108)(H,91,109)(H,92,102)(H,93,103)(H4,82,83,88)/t54-,64+,66?/m0/s1. The van der Waals surface area contributed by atoms with Gasteiger partial charge in [-0.25, -0.2) is 9.97 Å². The zero-order valence-corrected chi connectivity index (χ0v) is 69.4. The lowest BCUT2D eigenvalue weighted by molar-refractivity contribution is -0.127. The van der Waals surface area contributed by atoms with Gasteiger partial charge in [0.25, 0.3) is 23.6 Å². The summed E-state index contributed by atoms with van der Waals surface area (Å²) in [4.78, 5) is 128. The molecule has 3 aromatic carbocycles. The molecule has 0 saturated heterocycles. The molecule has 5 heterocycles. The number of likely N-dealkylation sites (N-methyl/N-ethyl adjacent to an activating group) is 1. The lowest BCUT2D eigenvalue weighted by Crippen LogP contribution is -2.43. The van der Waals surface area contributed by atoms with E-state index in [1.807, 2.05) is 53.4 Å². The Kier molecular flexibility index (Phi) is 40.6. The number of benzene rings is 3. The quantitative estimate of drug-likeness (QED) is 0.0148. The van der Waals surface area contributed by atoms with Crippen LogP contribution in [0.15, 0.2) is 103 Å². The summed E-state index contributed by atoms with van der Waals surface area (Å²) in [7, 11) is 6.47. The number of fused-ring (bicyclic) bond motifs is 1. The number of nitrogens with zero attached hydrogens (tertiary/aromatic N) is 7. The maximum Gasteiger partial charge on any atom is 0.291 e. The first-order chi connectivity index (χ1) is 58.0. The SMILES string of the molecule is CC(=O)N1c2ccc(-c3ccc(C(=O)NCCOCCOCCOCCOCCOCCOCCOCCOCCNC(=O)c4cc(NC(=O)c5nc(NC(=O)CCNC(=O)C6CC(NC(=O)c7nc(NC(=O)CCNC(=O)COCCOCCOCCNC(=N)N)cn7C)=CN6C)cn5C)cn4C)cc3)cc2[C@H](Nc2ccc(Cl)cc2)C[C@@H]1C. The van der Waals surface area contributed by atoms with Crippen LogP contribution in [0.1, 0.15) is 93.2 Å². The number of nitrogens with two attached hydrogens (primary N) is 1. The van der Waals surface area contributed by atoms with Gasteiger partial charge < -0.3 is 135 Å². The number of aryl methyl sites for hydroxylation is 3. The minimum Gasteiger partial charge on any atom is -0.378 e. The van der Waals surface area contributed by atoms with Crippen LogP contribution >= 0.6 is 11.6 Å². The average molecular weight is 1700 g/mol. The normalized spacial score (nSPS) is 14.2. The molecule has 120 heavy (non-hydrogen) atoms. The Hall–Kier alpha value is -11.0. The molecule has 3 aromatic heterocycles. The first-order valence-electron chi connectivity index (χ1n) is 39.5. The van der Waals surface area contributed by atoms with E-state index in [-0.39, 0.29) is 124 Å². The Balaban J connectivity index is 0.560. The highest BCUT2D eigenvalue weighted by molar-refractivity contribution is 6.30. The number of aromatic nitrogens is 5. The Morgan fingerprint density at radius 1 is 0.483 bits per heavy atom. The van der Waals surface area contributed by atoms with Gasteiger partial charge in [-0.2, -0.15) is 0 Å². The summed E-state index contributed by atoms with van der Waals surface area (Å²) in [6.07, 6.45) is 6.74. The highest BCUT2D eigenvalue weighted by Gasteiger charge is 2.34. The fourth-order valence-corrected chi connectivity index (χ4v) is 12.5. The lowest BCUT2D eigenvalue weighted by atomic mass is 9.88. The largest absolute Gasteiger partial charge is 0.378 e. The fourth-order valence-electron chi connectivity index (χ4n) is 12.4. The van der Waals surface area contributed by atoms with Crippen molar-refractivity contribution in [3.63, 3.8) is 0 Å². The van der Waals surface area contributed by atoms with Gasteiger partial charge >= 0.3 is 0 Å². The predicted octanol–water partition coefficient (Wildman–Crippen LogP) is 3.05. The zero-order valence-electron chi connectivity index (χ0n) is 68.6. The van der Waals surface area contributed by atoms with E-state index in [1.165, 1.54) is 27.6 Å². The molecule has 8 rings (SSSR count). The number of hydrogen-bond donors (Lipinski definition) is 12. The molecule has 40 heteroatoms. The molecule has 3 atom stereocenters.